The van der Waals surface area contributed by atoms with Crippen molar-refractivity contribution >= 4 is 82.0 Å². The monoisotopic (exact) mass is 1150 g/mol. The first-order chi connectivity index (χ1) is 40.0. The summed E-state index contributed by atoms with van der Waals surface area (Å²) in [6.45, 7) is 15.2. The minimum Gasteiger partial charge on any atom is -0.497 e. The summed E-state index contributed by atoms with van der Waals surface area (Å²) in [6.07, 6.45) is 9.91. The van der Waals surface area contributed by atoms with Crippen LogP contribution < -0.4 is 45.0 Å². The zero-order chi connectivity index (χ0) is 60.4. The van der Waals surface area contributed by atoms with E-state index in [4.69, 9.17) is 33.7 Å². The molecule has 4 aromatic rings. The Morgan fingerprint density at radius 1 is 0.619 bits per heavy atom. The lowest BCUT2D eigenvalue weighted by Crippen LogP contribution is -2.56. The number of amides is 7. The Bertz CT molecular complexity index is 3420. The predicted molar refractivity (Wildman–Crippen MR) is 317 cm³/mol. The molecule has 4 N–H and O–H groups in total. The molecule has 9 rings (SSSR count). The van der Waals surface area contributed by atoms with Gasteiger partial charge in [0, 0.05) is 78.5 Å². The number of hydrogen-bond donors (Lipinski definition) is 4. The Balaban J connectivity index is 0.782. The van der Waals surface area contributed by atoms with E-state index in [0.29, 0.717) is 64.0 Å². The number of anilines is 1. The maximum Gasteiger partial charge on any atom is 0.260 e. The maximum atomic E-state index is 14.3. The fourth-order valence-electron chi connectivity index (χ4n) is 10.1. The quantitative estimate of drug-likeness (QED) is 0.0554. The van der Waals surface area contributed by atoms with Gasteiger partial charge in [0.05, 0.1) is 81.8 Å². The van der Waals surface area contributed by atoms with E-state index in [1.165, 1.54) is 14.0 Å². The second-order valence-corrected chi connectivity index (χ2v) is 23.0. The number of methoxy groups -OCH3 is 3. The zero-order valence-corrected chi connectivity index (χ0v) is 49.0. The molecule has 0 radical (unpaired) electrons. The number of benzene rings is 4. The Morgan fingerprint density at radius 3 is 1.55 bits per heavy atom. The number of carbonyl (C=O) groups is 7. The highest BCUT2D eigenvalue weighted by atomic mass is 16.5. The van der Waals surface area contributed by atoms with Crippen LogP contribution in [-0.4, -0.2) is 140 Å². The van der Waals surface area contributed by atoms with Crippen molar-refractivity contribution in [3.8, 4) is 28.7 Å². The number of hydrogen-bond acceptors (Lipinski definition) is 15. The number of nitrogens with one attached hydrogen (secondary N) is 4. The van der Waals surface area contributed by atoms with Crippen LogP contribution in [0.4, 0.5) is 17.1 Å². The Morgan fingerprint density at radius 2 is 1.10 bits per heavy atom. The SMILES string of the molecule is COc1ccc(C2=CN3C(=O)c4cc(OC)c(OCC(C)(C)C(C)(C)COc5cc6c(cc5OC)C(=O)N5C=C(c7ccc(NC(=O)C(C)NC(=O)C(NC(=O)CNC(C)N8C(=O)C=CC8=O)C(C)C)cc7)CC5C=N6)cc4N=CC3C2)cc1. The molecule has 84 heavy (non-hydrogen) atoms. The minimum atomic E-state index is -0.977. The summed E-state index contributed by atoms with van der Waals surface area (Å²) < 4.78 is 30.0. The van der Waals surface area contributed by atoms with Crippen molar-refractivity contribution in [2.45, 2.75) is 98.6 Å². The lowest BCUT2D eigenvalue weighted by molar-refractivity contribution is -0.140. The number of fused-ring (bicyclic) bond motifs is 4. The minimum absolute atomic E-state index is 0.182. The van der Waals surface area contributed by atoms with Crippen LogP contribution in [0.1, 0.15) is 100 Å². The van der Waals surface area contributed by atoms with E-state index < -0.39 is 58.6 Å². The van der Waals surface area contributed by atoms with Crippen LogP contribution in [0.15, 0.2) is 107 Å². The molecule has 5 heterocycles. The summed E-state index contributed by atoms with van der Waals surface area (Å²) in [7, 11) is 4.69. The third-order valence-corrected chi connectivity index (χ3v) is 16.2. The van der Waals surface area contributed by atoms with Crippen LogP contribution in [-0.2, 0) is 24.0 Å². The molecule has 0 bridgehead atoms. The van der Waals surface area contributed by atoms with E-state index in [1.807, 2.05) is 55.0 Å². The van der Waals surface area contributed by atoms with Crippen LogP contribution >= 0.6 is 0 Å². The van der Waals surface area contributed by atoms with Gasteiger partial charge in [-0.3, -0.25) is 53.8 Å². The largest absolute Gasteiger partial charge is 0.497 e. The topological polar surface area (TPSA) is 248 Å². The smallest absolute Gasteiger partial charge is 0.260 e. The van der Waals surface area contributed by atoms with Gasteiger partial charge in [0.15, 0.2) is 23.0 Å². The Hall–Kier alpha value is -9.11. The first-order valence-corrected chi connectivity index (χ1v) is 27.8. The molecule has 0 saturated carbocycles. The molecule has 0 aromatic heterocycles. The van der Waals surface area contributed by atoms with E-state index in [1.54, 1.807) is 87.4 Å². The summed E-state index contributed by atoms with van der Waals surface area (Å²) in [4.78, 5) is 106. The molecule has 0 spiro atoms. The normalized spacial score (nSPS) is 18.2. The number of carbonyl (C=O) groups excluding carboxylic acids is 7. The molecular weight excluding hydrogens is 1070 g/mol. The summed E-state index contributed by atoms with van der Waals surface area (Å²) in [5, 5.41) is 11.0. The van der Waals surface area contributed by atoms with Gasteiger partial charge in [0.2, 0.25) is 17.7 Å². The summed E-state index contributed by atoms with van der Waals surface area (Å²) >= 11 is 0. The van der Waals surface area contributed by atoms with Crippen molar-refractivity contribution in [3.05, 3.63) is 120 Å². The Labute approximate surface area is 488 Å². The molecule has 5 atom stereocenters. The molecule has 5 aliphatic heterocycles. The van der Waals surface area contributed by atoms with Crippen LogP contribution in [0.2, 0.25) is 0 Å². The van der Waals surface area contributed by atoms with Crippen LogP contribution in [0.5, 0.6) is 28.7 Å². The highest BCUT2D eigenvalue weighted by Crippen LogP contribution is 2.45. The first-order valence-electron chi connectivity index (χ1n) is 27.8. The third-order valence-electron chi connectivity index (χ3n) is 16.2. The fourth-order valence-corrected chi connectivity index (χ4v) is 10.1. The van der Waals surface area contributed by atoms with Gasteiger partial charge in [0.25, 0.3) is 23.6 Å². The number of ether oxygens (including phenoxy) is 5. The molecule has 0 aliphatic carbocycles. The lowest BCUT2D eigenvalue weighted by Gasteiger charge is -2.41. The number of aliphatic imine (C=N–C) groups is 2. The van der Waals surface area contributed by atoms with Crippen molar-refractivity contribution in [2.24, 2.45) is 26.7 Å². The highest BCUT2D eigenvalue weighted by molar-refractivity contribution is 6.13. The third kappa shape index (κ3) is 12.5. The molecule has 0 saturated heterocycles. The average Bonchev–Trinajstić information content (AvgIpc) is 2.26. The number of imide groups is 1. The second-order valence-electron chi connectivity index (χ2n) is 23.0. The summed E-state index contributed by atoms with van der Waals surface area (Å²) in [5.74, 6) is -0.950. The van der Waals surface area contributed by atoms with Gasteiger partial charge < -0.3 is 49.4 Å². The highest BCUT2D eigenvalue weighted by Gasteiger charge is 2.41. The molecular formula is C63H71N9O12. The van der Waals surface area contributed by atoms with Crippen LogP contribution in [0.25, 0.3) is 11.1 Å². The molecule has 0 fully saturated rings. The fraction of sp³-hybridized carbons (Fsp3) is 0.381. The maximum absolute atomic E-state index is 14.3. The van der Waals surface area contributed by atoms with Crippen molar-refractivity contribution in [1.29, 1.82) is 0 Å². The molecule has 5 aliphatic rings. The summed E-state index contributed by atoms with van der Waals surface area (Å²) in [5.41, 5.74) is 4.91. The predicted octanol–water partition coefficient (Wildman–Crippen LogP) is 7.61. The van der Waals surface area contributed by atoms with Gasteiger partial charge >= 0.3 is 0 Å². The van der Waals surface area contributed by atoms with Gasteiger partial charge in [-0.2, -0.15) is 0 Å². The summed E-state index contributed by atoms with van der Waals surface area (Å²) in [6, 6.07) is 19.2. The lowest BCUT2D eigenvalue weighted by atomic mass is 9.69. The molecule has 21 heteroatoms. The zero-order valence-electron chi connectivity index (χ0n) is 49.0. The molecule has 7 amide bonds. The molecule has 21 nitrogen and oxygen atoms in total. The van der Waals surface area contributed by atoms with E-state index in [9.17, 15) is 33.6 Å². The van der Waals surface area contributed by atoms with Gasteiger partial charge in [-0.15, -0.1) is 0 Å². The number of nitrogens with zero attached hydrogens (tertiary/aromatic N) is 5. The van der Waals surface area contributed by atoms with Gasteiger partial charge in [-0.25, -0.2) is 0 Å². The van der Waals surface area contributed by atoms with E-state index in [0.717, 1.165) is 45.1 Å². The average molecular weight is 1150 g/mol. The molecule has 440 valence electrons. The van der Waals surface area contributed by atoms with Crippen LogP contribution in [0, 0.1) is 16.7 Å². The molecule has 5 unspecified atom stereocenters. The van der Waals surface area contributed by atoms with Crippen molar-refractivity contribution in [2.75, 3.05) is 46.4 Å². The van der Waals surface area contributed by atoms with Crippen molar-refractivity contribution in [1.82, 2.24) is 30.7 Å². The molecule has 4 aromatic carbocycles. The standard InChI is InChI=1S/C63H71N9O12/c1-35(2)57(69-54(73)30-64-37(4)72-55(74)20-21-56(72)75)59(77)67-36(3)58(76)68-42-16-12-38(13-17-42)40-22-43-28-65-48-26-52(50(81-10)24-46(48)60(78)70(43)31-40)83-33-62(5,6)63(7,8)34-84-53-27-49-47(25-51(53)82-11)61(79)71-32-41(23-44(71)29-66-49)39-14-18-45(80-9)19-15-39/h12-21,24-29,31-32,35-37,43-44,57,64H,22-23,30,33-34H2,1-11H3,(H,67,77)(H,68,76)(H,69,73). The second kappa shape index (κ2) is 24.4. The van der Waals surface area contributed by atoms with Crippen LogP contribution in [0.3, 0.4) is 0 Å². The van der Waals surface area contributed by atoms with E-state index >= 15 is 0 Å². The van der Waals surface area contributed by atoms with Gasteiger partial charge in [0.1, 0.15) is 17.8 Å². The van der Waals surface area contributed by atoms with Crippen molar-refractivity contribution in [3.63, 3.8) is 0 Å². The van der Waals surface area contributed by atoms with Crippen molar-refractivity contribution < 1.29 is 57.2 Å². The van der Waals surface area contributed by atoms with E-state index in [-0.39, 0.29) is 49.6 Å². The Kier molecular flexibility index (Phi) is 17.3. The van der Waals surface area contributed by atoms with Gasteiger partial charge in [-0.1, -0.05) is 65.8 Å². The van der Waals surface area contributed by atoms with Gasteiger partial charge in [-0.05, 0) is 78.4 Å². The first kappa shape index (κ1) is 59.5. The number of rotatable bonds is 22. The van der Waals surface area contributed by atoms with E-state index in [2.05, 4.69) is 49.0 Å².